The van der Waals surface area contributed by atoms with Crippen molar-refractivity contribution >= 4 is 112 Å². The normalized spacial score (nSPS) is 13.4. The van der Waals surface area contributed by atoms with Gasteiger partial charge in [-0.25, -0.2) is 0 Å². The molecule has 4 aromatic heterocycles. The summed E-state index contributed by atoms with van der Waals surface area (Å²) in [4.78, 5) is 1.43. The standard InChI is InChI=1S/C42H25NS3/c1-4-13-35-27(8-1)32-20-21-34-29-10-3-6-15-37(29)46-42(34)40(32)43(35)25-17-19-31-30-18-16-24(22-38(30)44-39(31)23-25)26-11-7-12-33-28-9-2-5-14-36(28)45-41(26)33/h1,3-8,10-23H,2,9H2. The largest absolute Gasteiger partial charge is 0.308 e. The SMILES string of the molecule is C1=Cc2sc3c(-c4ccc5c(c4)sc4cc(-n6c7ccccc7c7ccc8c9ccccc9sc8c76)ccc45)cccc3c2CC1. The van der Waals surface area contributed by atoms with Crippen LogP contribution in [0.2, 0.25) is 0 Å². The zero-order valence-electron chi connectivity index (χ0n) is 24.7. The molecular formula is C42H25NS3. The lowest BCUT2D eigenvalue weighted by Crippen LogP contribution is -1.93. The molecule has 1 aliphatic carbocycles. The van der Waals surface area contributed by atoms with E-state index >= 15 is 0 Å². The minimum Gasteiger partial charge on any atom is -0.308 e. The first-order valence-corrected chi connectivity index (χ1v) is 18.3. The minimum atomic E-state index is 1.14. The lowest BCUT2D eigenvalue weighted by Gasteiger charge is -2.09. The van der Waals surface area contributed by atoms with E-state index in [1.54, 1.807) is 0 Å². The van der Waals surface area contributed by atoms with E-state index in [2.05, 4.69) is 132 Å². The predicted octanol–water partition coefficient (Wildman–Crippen LogP) is 13.4. The molecule has 11 rings (SSSR count). The Morgan fingerprint density at radius 2 is 1.28 bits per heavy atom. The van der Waals surface area contributed by atoms with Crippen LogP contribution in [0.5, 0.6) is 0 Å². The Hall–Kier alpha value is -4.74. The lowest BCUT2D eigenvalue weighted by atomic mass is 9.97. The number of allylic oxidation sites excluding steroid dienone is 1. The molecule has 0 bridgehead atoms. The van der Waals surface area contributed by atoms with Crippen LogP contribution in [0.1, 0.15) is 16.9 Å². The molecule has 46 heavy (non-hydrogen) atoms. The molecule has 216 valence electrons. The Kier molecular flexibility index (Phi) is 5.20. The maximum absolute atomic E-state index is 2.51. The van der Waals surface area contributed by atoms with Gasteiger partial charge in [-0.2, -0.15) is 0 Å². The Labute approximate surface area is 276 Å². The molecule has 0 saturated heterocycles. The molecule has 0 unspecified atom stereocenters. The van der Waals surface area contributed by atoms with Gasteiger partial charge in [0.1, 0.15) is 0 Å². The van der Waals surface area contributed by atoms with Gasteiger partial charge >= 0.3 is 0 Å². The topological polar surface area (TPSA) is 4.93 Å². The Morgan fingerprint density at radius 3 is 2.24 bits per heavy atom. The quantitative estimate of drug-likeness (QED) is 0.177. The van der Waals surface area contributed by atoms with Crippen molar-refractivity contribution in [2.24, 2.45) is 0 Å². The zero-order chi connectivity index (χ0) is 29.9. The van der Waals surface area contributed by atoms with E-state index in [-0.39, 0.29) is 0 Å². The maximum Gasteiger partial charge on any atom is 0.0719 e. The lowest BCUT2D eigenvalue weighted by molar-refractivity contribution is 1.01. The Balaban J connectivity index is 1.13. The summed E-state index contributed by atoms with van der Waals surface area (Å²) in [5.74, 6) is 0. The van der Waals surface area contributed by atoms with Crippen LogP contribution in [-0.2, 0) is 6.42 Å². The fourth-order valence-corrected chi connectivity index (χ4v) is 11.5. The van der Waals surface area contributed by atoms with Crippen molar-refractivity contribution < 1.29 is 0 Å². The number of aromatic nitrogens is 1. The van der Waals surface area contributed by atoms with Gasteiger partial charge in [-0.15, -0.1) is 34.0 Å². The molecule has 0 amide bonds. The van der Waals surface area contributed by atoms with Crippen LogP contribution in [0.3, 0.4) is 0 Å². The Bertz CT molecular complexity index is 2920. The molecule has 0 saturated carbocycles. The van der Waals surface area contributed by atoms with Crippen LogP contribution >= 0.6 is 34.0 Å². The van der Waals surface area contributed by atoms with Crippen LogP contribution in [0, 0.1) is 0 Å². The smallest absolute Gasteiger partial charge is 0.0719 e. The van der Waals surface area contributed by atoms with Gasteiger partial charge in [0.15, 0.2) is 0 Å². The number of hydrogen-bond acceptors (Lipinski definition) is 3. The molecule has 10 aromatic rings. The second-order valence-electron chi connectivity index (χ2n) is 12.4. The van der Waals surface area contributed by atoms with Crippen molar-refractivity contribution in [2.75, 3.05) is 0 Å². The number of thiophene rings is 3. The summed E-state index contributed by atoms with van der Waals surface area (Å²) in [5, 5.41) is 9.40. The molecule has 4 heteroatoms. The molecule has 0 spiro atoms. The van der Waals surface area contributed by atoms with E-state index in [0.717, 1.165) is 12.8 Å². The van der Waals surface area contributed by atoms with Gasteiger partial charge in [0, 0.05) is 61.7 Å². The van der Waals surface area contributed by atoms with Gasteiger partial charge in [-0.1, -0.05) is 91.0 Å². The monoisotopic (exact) mass is 639 g/mol. The molecule has 0 N–H and O–H groups in total. The van der Waals surface area contributed by atoms with Crippen molar-refractivity contribution in [2.45, 2.75) is 12.8 Å². The summed E-state index contributed by atoms with van der Waals surface area (Å²) in [6.45, 7) is 0. The van der Waals surface area contributed by atoms with E-state index in [9.17, 15) is 0 Å². The number of nitrogens with zero attached hydrogens (tertiary/aromatic N) is 1. The maximum atomic E-state index is 2.51. The summed E-state index contributed by atoms with van der Waals surface area (Å²) in [5.41, 5.74) is 7.97. The molecule has 6 aromatic carbocycles. The van der Waals surface area contributed by atoms with E-state index in [1.807, 2.05) is 34.0 Å². The van der Waals surface area contributed by atoms with Crippen molar-refractivity contribution in [1.29, 1.82) is 0 Å². The fourth-order valence-electron chi connectivity index (χ4n) is 7.80. The highest BCUT2D eigenvalue weighted by Crippen LogP contribution is 2.45. The van der Waals surface area contributed by atoms with Gasteiger partial charge in [-0.3, -0.25) is 0 Å². The van der Waals surface area contributed by atoms with E-state index in [0.29, 0.717) is 0 Å². The van der Waals surface area contributed by atoms with Crippen molar-refractivity contribution in [3.63, 3.8) is 0 Å². The van der Waals surface area contributed by atoms with E-state index < -0.39 is 0 Å². The number of para-hydroxylation sites is 1. The van der Waals surface area contributed by atoms with Crippen molar-refractivity contribution in [3.8, 4) is 16.8 Å². The molecule has 4 heterocycles. The van der Waals surface area contributed by atoms with Crippen LogP contribution in [-0.4, -0.2) is 4.57 Å². The van der Waals surface area contributed by atoms with Crippen LogP contribution in [0.15, 0.2) is 121 Å². The number of rotatable bonds is 2. The van der Waals surface area contributed by atoms with Crippen LogP contribution < -0.4 is 0 Å². The molecule has 0 radical (unpaired) electrons. The van der Waals surface area contributed by atoms with Crippen LogP contribution in [0.25, 0.3) is 95.1 Å². The van der Waals surface area contributed by atoms with Gasteiger partial charge in [0.25, 0.3) is 0 Å². The zero-order valence-corrected chi connectivity index (χ0v) is 27.2. The number of aryl methyl sites for hydroxylation is 1. The van der Waals surface area contributed by atoms with Crippen LogP contribution in [0.4, 0.5) is 0 Å². The summed E-state index contributed by atoms with van der Waals surface area (Å²) < 4.78 is 9.29. The number of fused-ring (bicyclic) bond motifs is 13. The highest BCUT2D eigenvalue weighted by molar-refractivity contribution is 7.27. The van der Waals surface area contributed by atoms with Gasteiger partial charge in [0.2, 0.25) is 0 Å². The molecule has 1 aliphatic rings. The number of benzene rings is 6. The summed E-state index contributed by atoms with van der Waals surface area (Å²) >= 11 is 5.78. The molecule has 0 aliphatic heterocycles. The molecule has 0 atom stereocenters. The second-order valence-corrected chi connectivity index (χ2v) is 15.5. The van der Waals surface area contributed by atoms with E-state index in [4.69, 9.17) is 0 Å². The Morgan fingerprint density at radius 1 is 0.522 bits per heavy atom. The van der Waals surface area contributed by atoms with Gasteiger partial charge in [-0.05, 0) is 71.3 Å². The molecular weight excluding hydrogens is 615 g/mol. The third kappa shape index (κ3) is 3.44. The van der Waals surface area contributed by atoms with Crippen molar-refractivity contribution in [3.05, 3.63) is 132 Å². The average Bonchev–Trinajstić information content (AvgIpc) is 3.86. The van der Waals surface area contributed by atoms with Crippen molar-refractivity contribution in [1.82, 2.24) is 4.57 Å². The molecule has 1 nitrogen and oxygen atoms in total. The first-order valence-electron chi connectivity index (χ1n) is 15.8. The highest BCUT2D eigenvalue weighted by atomic mass is 32.1. The number of hydrogen-bond donors (Lipinski definition) is 0. The third-order valence-corrected chi connectivity index (χ3v) is 13.4. The first-order chi connectivity index (χ1) is 22.8. The summed E-state index contributed by atoms with van der Waals surface area (Å²) in [7, 11) is 0. The second kappa shape index (κ2) is 9.40. The minimum absolute atomic E-state index is 1.14. The van der Waals surface area contributed by atoms with E-state index in [1.165, 1.54) is 99.5 Å². The first kappa shape index (κ1) is 25.5. The predicted molar refractivity (Wildman–Crippen MR) is 205 cm³/mol. The molecule has 0 fully saturated rings. The summed E-state index contributed by atoms with van der Waals surface area (Å²) in [6.07, 6.45) is 6.93. The average molecular weight is 640 g/mol. The third-order valence-electron chi connectivity index (χ3n) is 9.89. The highest BCUT2D eigenvalue weighted by Gasteiger charge is 2.19. The fraction of sp³-hybridized carbons (Fsp3) is 0.0476. The van der Waals surface area contributed by atoms with Gasteiger partial charge in [0.05, 0.1) is 15.7 Å². The van der Waals surface area contributed by atoms with Gasteiger partial charge < -0.3 is 4.57 Å². The summed E-state index contributed by atoms with van der Waals surface area (Å²) in [6, 6.07) is 43.4.